The molecule has 0 unspecified atom stereocenters. The van der Waals surface area contributed by atoms with Crippen molar-refractivity contribution in [1.82, 2.24) is 10.3 Å². The molecule has 124 valence electrons. The van der Waals surface area contributed by atoms with E-state index >= 15 is 0 Å². The summed E-state index contributed by atoms with van der Waals surface area (Å²) >= 11 is 1.71. The zero-order valence-electron chi connectivity index (χ0n) is 13.8. The molecule has 6 heteroatoms. The number of thiazole rings is 1. The van der Waals surface area contributed by atoms with Crippen molar-refractivity contribution >= 4 is 32.8 Å². The summed E-state index contributed by atoms with van der Waals surface area (Å²) in [4.78, 5) is 18.9. The van der Waals surface area contributed by atoms with Crippen LogP contribution in [0.5, 0.6) is 0 Å². The van der Waals surface area contributed by atoms with Gasteiger partial charge in [0.05, 0.1) is 10.2 Å². The molecule has 1 aromatic carbocycles. The summed E-state index contributed by atoms with van der Waals surface area (Å²) in [7, 11) is 0. The van der Waals surface area contributed by atoms with Gasteiger partial charge in [-0.05, 0) is 45.7 Å². The molecule has 1 amide bonds. The number of nitrogens with one attached hydrogen (secondary N) is 1. The van der Waals surface area contributed by atoms with Crippen LogP contribution in [0.25, 0.3) is 10.2 Å². The van der Waals surface area contributed by atoms with Crippen molar-refractivity contribution in [2.45, 2.75) is 45.3 Å². The fourth-order valence-corrected chi connectivity index (χ4v) is 3.86. The van der Waals surface area contributed by atoms with E-state index in [-0.39, 0.29) is 12.1 Å². The number of anilines is 1. The zero-order chi connectivity index (χ0) is 16.4. The highest BCUT2D eigenvalue weighted by atomic mass is 32.1. The van der Waals surface area contributed by atoms with Gasteiger partial charge in [0.1, 0.15) is 5.60 Å². The van der Waals surface area contributed by atoms with Crippen LogP contribution in [0.15, 0.2) is 24.3 Å². The number of amides is 1. The minimum atomic E-state index is -0.466. The minimum absolute atomic E-state index is 0.281. The van der Waals surface area contributed by atoms with Crippen LogP contribution in [0.2, 0.25) is 0 Å². The highest BCUT2D eigenvalue weighted by Crippen LogP contribution is 2.32. The van der Waals surface area contributed by atoms with Crippen molar-refractivity contribution in [3.63, 3.8) is 0 Å². The van der Waals surface area contributed by atoms with E-state index in [1.54, 1.807) is 11.3 Å². The normalized spacial score (nSPS) is 18.4. The topological polar surface area (TPSA) is 54.5 Å². The Hall–Kier alpha value is -1.82. The Bertz CT molecular complexity index is 659. The van der Waals surface area contributed by atoms with Gasteiger partial charge in [0.25, 0.3) is 0 Å². The van der Waals surface area contributed by atoms with Gasteiger partial charge in [0, 0.05) is 19.1 Å². The summed E-state index contributed by atoms with van der Waals surface area (Å²) in [6.45, 7) is 7.19. The second-order valence-corrected chi connectivity index (χ2v) is 7.85. The van der Waals surface area contributed by atoms with Crippen LogP contribution in [0, 0.1) is 0 Å². The second kappa shape index (κ2) is 6.35. The molecule has 0 aliphatic carbocycles. The zero-order valence-corrected chi connectivity index (χ0v) is 14.7. The molecular formula is C17H23N3O2S. The Morgan fingerprint density at radius 2 is 2.22 bits per heavy atom. The quantitative estimate of drug-likeness (QED) is 0.928. The number of nitrogens with zero attached hydrogens (tertiary/aromatic N) is 2. The van der Waals surface area contributed by atoms with Crippen molar-refractivity contribution in [3.8, 4) is 0 Å². The van der Waals surface area contributed by atoms with Gasteiger partial charge in [-0.3, -0.25) is 0 Å². The lowest BCUT2D eigenvalue weighted by Crippen LogP contribution is -2.42. The lowest BCUT2D eigenvalue weighted by molar-refractivity contribution is 0.0525. The Morgan fingerprint density at radius 1 is 1.43 bits per heavy atom. The third-order valence-corrected chi connectivity index (χ3v) is 4.86. The summed E-state index contributed by atoms with van der Waals surface area (Å²) < 4.78 is 6.51. The van der Waals surface area contributed by atoms with E-state index in [1.165, 1.54) is 4.70 Å². The number of alkyl carbamates (subject to hydrolysis) is 1. The van der Waals surface area contributed by atoms with E-state index < -0.39 is 5.60 Å². The van der Waals surface area contributed by atoms with Gasteiger partial charge in [-0.2, -0.15) is 0 Å². The highest BCUT2D eigenvalue weighted by Gasteiger charge is 2.28. The largest absolute Gasteiger partial charge is 0.444 e. The predicted molar refractivity (Wildman–Crippen MR) is 94.2 cm³/mol. The first-order valence-corrected chi connectivity index (χ1v) is 8.83. The van der Waals surface area contributed by atoms with E-state index in [0.29, 0.717) is 6.54 Å². The summed E-state index contributed by atoms with van der Waals surface area (Å²) in [6, 6.07) is 8.47. The monoisotopic (exact) mass is 333 g/mol. The number of hydrogen-bond acceptors (Lipinski definition) is 5. The molecule has 1 fully saturated rings. The van der Waals surface area contributed by atoms with E-state index in [0.717, 1.165) is 30.0 Å². The fourth-order valence-electron chi connectivity index (χ4n) is 2.80. The predicted octanol–water partition coefficient (Wildman–Crippen LogP) is 3.79. The van der Waals surface area contributed by atoms with Gasteiger partial charge in [-0.15, -0.1) is 0 Å². The van der Waals surface area contributed by atoms with Crippen molar-refractivity contribution in [2.75, 3.05) is 18.0 Å². The van der Waals surface area contributed by atoms with Gasteiger partial charge in [-0.1, -0.05) is 23.5 Å². The maximum atomic E-state index is 11.8. The lowest BCUT2D eigenvalue weighted by atomic mass is 10.2. The molecule has 23 heavy (non-hydrogen) atoms. The molecular weight excluding hydrogens is 310 g/mol. The third-order valence-electron chi connectivity index (χ3n) is 3.79. The number of carbonyl (C=O) groups excluding carboxylic acids is 1. The van der Waals surface area contributed by atoms with Crippen molar-refractivity contribution in [2.24, 2.45) is 0 Å². The van der Waals surface area contributed by atoms with Crippen LogP contribution >= 0.6 is 11.3 Å². The number of benzene rings is 1. The molecule has 1 atom stereocenters. The lowest BCUT2D eigenvalue weighted by Gasteiger charge is -2.25. The van der Waals surface area contributed by atoms with Crippen molar-refractivity contribution in [3.05, 3.63) is 24.3 Å². The van der Waals surface area contributed by atoms with Crippen molar-refractivity contribution < 1.29 is 9.53 Å². The molecule has 0 bridgehead atoms. The number of fused-ring (bicyclic) bond motifs is 1. The standard InChI is InChI=1S/C17H23N3O2S/c1-17(2,3)22-16(21)18-11-12-7-6-10-20(12)15-19-13-8-4-5-9-14(13)23-15/h4-5,8-9,12H,6-7,10-11H2,1-3H3,(H,18,21)/t12-/m1/s1. The Labute approximate surface area is 140 Å². The molecule has 0 radical (unpaired) electrons. The van der Waals surface area contributed by atoms with Gasteiger partial charge < -0.3 is 15.0 Å². The molecule has 2 heterocycles. The number of rotatable bonds is 3. The Balaban J connectivity index is 1.65. The molecule has 1 N–H and O–H groups in total. The average Bonchev–Trinajstić information content (AvgIpc) is 3.09. The van der Waals surface area contributed by atoms with Crippen LogP contribution < -0.4 is 10.2 Å². The molecule has 1 saturated heterocycles. The van der Waals surface area contributed by atoms with E-state index in [2.05, 4.69) is 16.3 Å². The molecule has 0 spiro atoms. The van der Waals surface area contributed by atoms with Crippen LogP contribution in [-0.2, 0) is 4.74 Å². The van der Waals surface area contributed by atoms with Gasteiger partial charge in [0.15, 0.2) is 5.13 Å². The van der Waals surface area contributed by atoms with E-state index in [1.807, 2.05) is 39.0 Å². The van der Waals surface area contributed by atoms with Gasteiger partial charge in [-0.25, -0.2) is 9.78 Å². The van der Waals surface area contributed by atoms with Crippen LogP contribution in [0.3, 0.4) is 0 Å². The number of hydrogen-bond donors (Lipinski definition) is 1. The fraction of sp³-hybridized carbons (Fsp3) is 0.529. The summed E-state index contributed by atoms with van der Waals surface area (Å²) in [5.74, 6) is 0. The van der Waals surface area contributed by atoms with Crippen molar-refractivity contribution in [1.29, 1.82) is 0 Å². The highest BCUT2D eigenvalue weighted by molar-refractivity contribution is 7.22. The Kier molecular flexibility index (Phi) is 4.43. The maximum Gasteiger partial charge on any atom is 0.407 e. The first kappa shape index (κ1) is 16.1. The maximum absolute atomic E-state index is 11.8. The first-order valence-electron chi connectivity index (χ1n) is 8.01. The molecule has 2 aromatic rings. The number of ether oxygens (including phenoxy) is 1. The molecule has 5 nitrogen and oxygen atoms in total. The summed E-state index contributed by atoms with van der Waals surface area (Å²) in [6.07, 6.45) is 1.83. The molecule has 1 aliphatic heterocycles. The third kappa shape index (κ3) is 3.93. The number of para-hydroxylation sites is 1. The molecule has 1 aliphatic rings. The van der Waals surface area contributed by atoms with Crippen LogP contribution in [0.4, 0.5) is 9.93 Å². The smallest absolute Gasteiger partial charge is 0.407 e. The second-order valence-electron chi connectivity index (χ2n) is 6.84. The summed E-state index contributed by atoms with van der Waals surface area (Å²) in [5.41, 5.74) is 0.574. The summed E-state index contributed by atoms with van der Waals surface area (Å²) in [5, 5.41) is 3.93. The van der Waals surface area contributed by atoms with Crippen LogP contribution in [0.1, 0.15) is 33.6 Å². The van der Waals surface area contributed by atoms with Gasteiger partial charge in [0.2, 0.25) is 0 Å². The van der Waals surface area contributed by atoms with E-state index in [4.69, 9.17) is 9.72 Å². The first-order chi connectivity index (χ1) is 10.9. The molecule has 0 saturated carbocycles. The average molecular weight is 333 g/mol. The molecule has 1 aromatic heterocycles. The SMILES string of the molecule is CC(C)(C)OC(=O)NC[C@H]1CCCN1c1nc2ccccc2s1. The minimum Gasteiger partial charge on any atom is -0.444 e. The Morgan fingerprint density at radius 3 is 2.96 bits per heavy atom. The van der Waals surface area contributed by atoms with E-state index in [9.17, 15) is 4.79 Å². The van der Waals surface area contributed by atoms with Gasteiger partial charge >= 0.3 is 6.09 Å². The molecule has 3 rings (SSSR count). The number of carbonyl (C=O) groups is 1. The number of aromatic nitrogens is 1. The van der Waals surface area contributed by atoms with Crippen LogP contribution in [-0.4, -0.2) is 35.8 Å².